The first-order chi connectivity index (χ1) is 9.56. The quantitative estimate of drug-likeness (QED) is 0.832. The van der Waals surface area contributed by atoms with Gasteiger partial charge < -0.3 is 10.6 Å². The highest BCUT2D eigenvalue weighted by molar-refractivity contribution is 5.45. The number of halogens is 1. The average Bonchev–Trinajstić information content (AvgIpc) is 2.45. The summed E-state index contributed by atoms with van der Waals surface area (Å²) in [4.78, 5) is 2.08. The van der Waals surface area contributed by atoms with E-state index in [-0.39, 0.29) is 5.82 Å². The molecular weight excluding hydrogens is 251 g/mol. The van der Waals surface area contributed by atoms with E-state index in [2.05, 4.69) is 24.0 Å². The third-order valence-electron chi connectivity index (χ3n) is 3.65. The van der Waals surface area contributed by atoms with Gasteiger partial charge in [0.2, 0.25) is 0 Å². The largest absolute Gasteiger partial charge is 0.399 e. The highest BCUT2D eigenvalue weighted by Gasteiger charge is 2.08. The first-order valence-electron chi connectivity index (χ1n) is 6.88. The minimum Gasteiger partial charge on any atom is -0.399 e. The Hall–Kier alpha value is -2.03. The fourth-order valence-corrected chi connectivity index (χ4v) is 2.22. The molecule has 0 saturated heterocycles. The lowest BCUT2D eigenvalue weighted by Crippen LogP contribution is -2.20. The van der Waals surface area contributed by atoms with E-state index >= 15 is 0 Å². The summed E-state index contributed by atoms with van der Waals surface area (Å²) < 4.78 is 13.2. The number of hydrogen-bond acceptors (Lipinski definition) is 2. The van der Waals surface area contributed by atoms with Crippen LogP contribution in [0.3, 0.4) is 0 Å². The second-order valence-electron chi connectivity index (χ2n) is 5.26. The molecule has 2 nitrogen and oxygen atoms in total. The molecule has 0 spiro atoms. The Morgan fingerprint density at radius 1 is 1.15 bits per heavy atom. The molecule has 0 aliphatic rings. The lowest BCUT2D eigenvalue weighted by Gasteiger charge is -2.22. The fraction of sp³-hybridized carbons (Fsp3) is 0.294. The van der Waals surface area contributed by atoms with Crippen molar-refractivity contribution in [3.8, 4) is 0 Å². The predicted molar refractivity (Wildman–Crippen MR) is 83.6 cm³/mol. The van der Waals surface area contributed by atoms with Crippen molar-refractivity contribution in [3.05, 3.63) is 59.9 Å². The second-order valence-corrected chi connectivity index (χ2v) is 5.26. The summed E-state index contributed by atoms with van der Waals surface area (Å²) in [6.07, 6.45) is 1.01. The van der Waals surface area contributed by atoms with Crippen LogP contribution in [0.2, 0.25) is 0 Å². The second kappa shape index (κ2) is 6.42. The van der Waals surface area contributed by atoms with Crippen LogP contribution >= 0.6 is 0 Å². The molecule has 0 aromatic heterocycles. The van der Waals surface area contributed by atoms with Gasteiger partial charge in [0.05, 0.1) is 0 Å². The Morgan fingerprint density at radius 2 is 1.85 bits per heavy atom. The maximum absolute atomic E-state index is 13.2. The van der Waals surface area contributed by atoms with Crippen molar-refractivity contribution in [2.75, 3.05) is 24.2 Å². The van der Waals surface area contributed by atoms with Crippen molar-refractivity contribution < 1.29 is 4.39 Å². The van der Waals surface area contributed by atoms with Gasteiger partial charge in [0.25, 0.3) is 0 Å². The van der Waals surface area contributed by atoms with Gasteiger partial charge in [-0.05, 0) is 48.2 Å². The van der Waals surface area contributed by atoms with Crippen LogP contribution in [0.5, 0.6) is 0 Å². The van der Waals surface area contributed by atoms with Crippen LogP contribution in [0, 0.1) is 5.82 Å². The van der Waals surface area contributed by atoms with Crippen LogP contribution in [-0.4, -0.2) is 13.6 Å². The third-order valence-corrected chi connectivity index (χ3v) is 3.65. The van der Waals surface area contributed by atoms with Crippen LogP contribution in [0.15, 0.2) is 48.5 Å². The van der Waals surface area contributed by atoms with Crippen LogP contribution < -0.4 is 10.6 Å². The minimum atomic E-state index is -0.194. The van der Waals surface area contributed by atoms with Crippen molar-refractivity contribution in [1.29, 1.82) is 0 Å². The van der Waals surface area contributed by atoms with Crippen molar-refractivity contribution >= 4 is 11.4 Å². The van der Waals surface area contributed by atoms with Crippen LogP contribution in [0.4, 0.5) is 15.8 Å². The predicted octanol–water partition coefficient (Wildman–Crippen LogP) is 4.04. The fourth-order valence-electron chi connectivity index (χ4n) is 2.22. The first kappa shape index (κ1) is 14.4. The van der Waals surface area contributed by atoms with E-state index in [4.69, 9.17) is 5.73 Å². The molecule has 1 unspecified atom stereocenters. The third kappa shape index (κ3) is 3.73. The SMILES string of the molecule is CC(CCN(C)c1cccc(F)c1)c1ccc(N)cc1. The summed E-state index contributed by atoms with van der Waals surface area (Å²) in [5, 5.41) is 0. The molecule has 0 bridgehead atoms. The summed E-state index contributed by atoms with van der Waals surface area (Å²) in [6, 6.07) is 14.7. The van der Waals surface area contributed by atoms with Gasteiger partial charge in [-0.15, -0.1) is 0 Å². The molecule has 1 atom stereocenters. The number of nitrogens with two attached hydrogens (primary N) is 1. The number of nitrogen functional groups attached to an aromatic ring is 1. The molecule has 0 fully saturated rings. The maximum Gasteiger partial charge on any atom is 0.125 e. The standard InChI is InChI=1S/C17H21FN2/c1-13(14-6-8-16(19)9-7-14)10-11-20(2)17-5-3-4-15(18)12-17/h3-9,12-13H,10-11,19H2,1-2H3. The molecule has 0 heterocycles. The maximum atomic E-state index is 13.2. The van der Waals surface area contributed by atoms with E-state index in [0.29, 0.717) is 5.92 Å². The summed E-state index contributed by atoms with van der Waals surface area (Å²) in [5.41, 5.74) is 8.68. The van der Waals surface area contributed by atoms with E-state index < -0.39 is 0 Å². The van der Waals surface area contributed by atoms with E-state index in [1.54, 1.807) is 12.1 Å². The van der Waals surface area contributed by atoms with Gasteiger partial charge in [0, 0.05) is 25.0 Å². The van der Waals surface area contributed by atoms with E-state index in [1.807, 2.05) is 25.2 Å². The van der Waals surface area contributed by atoms with Gasteiger partial charge in [-0.2, -0.15) is 0 Å². The number of nitrogens with zero attached hydrogens (tertiary/aromatic N) is 1. The summed E-state index contributed by atoms with van der Waals surface area (Å²) >= 11 is 0. The lowest BCUT2D eigenvalue weighted by atomic mass is 9.97. The van der Waals surface area contributed by atoms with Crippen molar-refractivity contribution in [2.24, 2.45) is 0 Å². The zero-order valence-electron chi connectivity index (χ0n) is 12.0. The van der Waals surface area contributed by atoms with Gasteiger partial charge in [-0.25, -0.2) is 4.39 Å². The Morgan fingerprint density at radius 3 is 2.50 bits per heavy atom. The monoisotopic (exact) mass is 272 g/mol. The number of hydrogen-bond donors (Lipinski definition) is 1. The molecule has 0 saturated carbocycles. The van der Waals surface area contributed by atoms with E-state index in [0.717, 1.165) is 24.3 Å². The van der Waals surface area contributed by atoms with Gasteiger partial charge in [-0.1, -0.05) is 25.1 Å². The minimum absolute atomic E-state index is 0.194. The highest BCUT2D eigenvalue weighted by Crippen LogP contribution is 2.22. The molecule has 0 aliphatic carbocycles. The summed E-state index contributed by atoms with van der Waals surface area (Å²) in [5.74, 6) is 0.257. The Bertz CT molecular complexity index is 551. The zero-order chi connectivity index (χ0) is 14.5. The molecular formula is C17H21FN2. The first-order valence-corrected chi connectivity index (χ1v) is 6.88. The van der Waals surface area contributed by atoms with Crippen molar-refractivity contribution in [2.45, 2.75) is 19.3 Å². The summed E-state index contributed by atoms with van der Waals surface area (Å²) in [7, 11) is 1.99. The number of benzene rings is 2. The van der Waals surface area contributed by atoms with Gasteiger partial charge in [0.1, 0.15) is 5.82 Å². The van der Waals surface area contributed by atoms with Gasteiger partial charge in [0.15, 0.2) is 0 Å². The van der Waals surface area contributed by atoms with Crippen LogP contribution in [-0.2, 0) is 0 Å². The lowest BCUT2D eigenvalue weighted by molar-refractivity contribution is 0.625. The van der Waals surface area contributed by atoms with Crippen LogP contribution in [0.1, 0.15) is 24.8 Å². The molecule has 0 amide bonds. The molecule has 2 N–H and O–H groups in total. The molecule has 0 radical (unpaired) electrons. The van der Waals surface area contributed by atoms with Crippen molar-refractivity contribution in [1.82, 2.24) is 0 Å². The number of rotatable bonds is 5. The van der Waals surface area contributed by atoms with Gasteiger partial charge >= 0.3 is 0 Å². The molecule has 20 heavy (non-hydrogen) atoms. The van der Waals surface area contributed by atoms with Crippen LogP contribution in [0.25, 0.3) is 0 Å². The average molecular weight is 272 g/mol. The molecule has 106 valence electrons. The highest BCUT2D eigenvalue weighted by atomic mass is 19.1. The molecule has 2 rings (SSSR count). The zero-order valence-corrected chi connectivity index (χ0v) is 12.0. The molecule has 0 aliphatic heterocycles. The topological polar surface area (TPSA) is 29.3 Å². The number of anilines is 2. The normalized spacial score (nSPS) is 12.2. The Balaban J connectivity index is 1.93. The molecule has 2 aromatic carbocycles. The van der Waals surface area contributed by atoms with Gasteiger partial charge in [-0.3, -0.25) is 0 Å². The smallest absolute Gasteiger partial charge is 0.125 e. The molecule has 2 aromatic rings. The molecule has 3 heteroatoms. The van der Waals surface area contributed by atoms with E-state index in [1.165, 1.54) is 11.6 Å². The van der Waals surface area contributed by atoms with Crippen molar-refractivity contribution in [3.63, 3.8) is 0 Å². The van der Waals surface area contributed by atoms with E-state index in [9.17, 15) is 4.39 Å². The Labute approximate surface area is 120 Å². The summed E-state index contributed by atoms with van der Waals surface area (Å²) in [6.45, 7) is 3.08. The Kier molecular flexibility index (Phi) is 4.61.